The molecule has 20 nitrogen and oxygen atoms in total. The van der Waals surface area contributed by atoms with Gasteiger partial charge in [-0.15, -0.1) is 32.9 Å². The number of thiazole rings is 3. The minimum absolute atomic E-state index is 0.00980. The van der Waals surface area contributed by atoms with Crippen LogP contribution in [-0.4, -0.2) is 150 Å². The van der Waals surface area contributed by atoms with Gasteiger partial charge in [0.25, 0.3) is 0 Å². The number of likely N-dealkylation sites (tertiary alicyclic amines) is 1. The van der Waals surface area contributed by atoms with Gasteiger partial charge in [0.2, 0.25) is 23.6 Å². The number of aryl methyl sites for hydroxylation is 2. The van der Waals surface area contributed by atoms with Gasteiger partial charge in [-0.3, -0.25) is 24.1 Å². The molecule has 7 aliphatic rings. The molecule has 7 heterocycles. The van der Waals surface area contributed by atoms with Gasteiger partial charge < -0.3 is 45.6 Å². The summed E-state index contributed by atoms with van der Waals surface area (Å²) in [6.45, 7) is 15.3. The Labute approximate surface area is 570 Å². The maximum absolute atomic E-state index is 15.5. The lowest BCUT2D eigenvalue weighted by Gasteiger charge is -2.62. The molecule has 24 heteroatoms. The van der Waals surface area contributed by atoms with E-state index in [4.69, 9.17) is 4.74 Å². The van der Waals surface area contributed by atoms with Crippen molar-refractivity contribution in [1.82, 2.24) is 50.5 Å². The second-order valence-corrected chi connectivity index (χ2v) is 31.6. The van der Waals surface area contributed by atoms with Gasteiger partial charge in [-0.05, 0) is 155 Å². The van der Waals surface area contributed by atoms with Crippen LogP contribution in [-0.2, 0) is 32.0 Å². The fourth-order valence-electron chi connectivity index (χ4n) is 16.3. The summed E-state index contributed by atoms with van der Waals surface area (Å²) in [5.41, 5.74) is 6.93. The van der Waals surface area contributed by atoms with Crippen molar-refractivity contribution in [3.63, 3.8) is 0 Å². The summed E-state index contributed by atoms with van der Waals surface area (Å²) < 4.78 is 22.4. The van der Waals surface area contributed by atoms with Gasteiger partial charge in [0.05, 0.1) is 51.6 Å². The average Bonchev–Trinajstić information content (AvgIpc) is 0.976. The number of carbonyl (C=O) groups is 5. The second kappa shape index (κ2) is 27.5. The highest BCUT2D eigenvalue weighted by Crippen LogP contribution is 2.67. The zero-order valence-electron chi connectivity index (χ0n) is 55.2. The fourth-order valence-corrected chi connectivity index (χ4v) is 19.1. The third kappa shape index (κ3) is 14.4. The van der Waals surface area contributed by atoms with E-state index >= 15 is 4.39 Å². The third-order valence-corrected chi connectivity index (χ3v) is 23.5. The molecule has 4 aromatic heterocycles. The first-order chi connectivity index (χ1) is 46.0. The topological polar surface area (TPSA) is 249 Å². The van der Waals surface area contributed by atoms with Gasteiger partial charge in [0.1, 0.15) is 12.1 Å². The van der Waals surface area contributed by atoms with Crippen LogP contribution in [0.3, 0.4) is 0 Å². The normalized spacial score (nSPS) is 22.9. The molecule has 4 saturated carbocycles. The van der Waals surface area contributed by atoms with E-state index in [-0.39, 0.29) is 77.9 Å². The number of carbonyl (C=O) groups excluding carboxylic acids is 4. The number of amides is 4. The number of ether oxygens (including phenoxy) is 1. The predicted molar refractivity (Wildman–Crippen MR) is 369 cm³/mol. The van der Waals surface area contributed by atoms with Crippen molar-refractivity contribution >= 4 is 95.7 Å². The number of aromatic carboxylic acids is 1. The number of fused-ring (bicyclic) bond motifs is 2. The molecule has 14 rings (SSSR count). The van der Waals surface area contributed by atoms with Crippen molar-refractivity contribution in [2.24, 2.45) is 28.1 Å². The largest absolute Gasteiger partial charge is 0.491 e. The molecule has 6 fully saturated rings. The number of anilines is 4. The van der Waals surface area contributed by atoms with Crippen molar-refractivity contribution in [3.05, 3.63) is 117 Å². The third-order valence-electron chi connectivity index (χ3n) is 20.4. The summed E-state index contributed by atoms with van der Waals surface area (Å²) in [5.74, 6) is 6.07. The number of aromatic nitrogens is 5. The van der Waals surface area contributed by atoms with Crippen LogP contribution in [0.4, 0.5) is 26.3 Å². The van der Waals surface area contributed by atoms with E-state index in [0.29, 0.717) is 97.6 Å². The fraction of sp³-hybridized carbons (Fsp3) is 0.500. The first kappa shape index (κ1) is 66.7. The molecular weight excluding hydrogens is 1280 g/mol. The molecule has 2 unspecified atom stereocenters. The van der Waals surface area contributed by atoms with Crippen LogP contribution in [0.15, 0.2) is 72.2 Å². The summed E-state index contributed by atoms with van der Waals surface area (Å²) in [6.07, 6.45) is 8.04. The van der Waals surface area contributed by atoms with Crippen LogP contribution < -0.4 is 25.6 Å². The lowest BCUT2D eigenvalue weighted by atomic mass is 9.43. The monoisotopic (exact) mass is 1360 g/mol. The molecule has 3 aromatic carbocycles. The highest BCUT2D eigenvalue weighted by molar-refractivity contribution is 7.22. The van der Waals surface area contributed by atoms with Crippen LogP contribution >= 0.6 is 34.0 Å². The summed E-state index contributed by atoms with van der Waals surface area (Å²) in [5, 5.41) is 41.1. The Hall–Kier alpha value is -7.95. The van der Waals surface area contributed by atoms with Gasteiger partial charge in [-0.2, -0.15) is 0 Å². The van der Waals surface area contributed by atoms with Gasteiger partial charge >= 0.3 is 5.97 Å². The van der Waals surface area contributed by atoms with Crippen molar-refractivity contribution in [3.8, 4) is 28.0 Å². The zero-order chi connectivity index (χ0) is 67.2. The number of nitrogens with one attached hydrogen (secondary N) is 3. The quantitative estimate of drug-likeness (QED) is 0.0352. The number of rotatable bonds is 20. The number of nitrogens with zero attached hydrogens (tertiary/aromatic N) is 9. The van der Waals surface area contributed by atoms with E-state index in [1.807, 2.05) is 105 Å². The average molecular weight is 1360 g/mol. The second-order valence-electron chi connectivity index (χ2n) is 28.7. The van der Waals surface area contributed by atoms with Gasteiger partial charge in [-0.1, -0.05) is 80.3 Å². The highest BCUT2D eigenvalue weighted by atomic mass is 32.1. The SMILES string of the molecule is Cc1ncsc1-c1ccc([C@H](C)NC(=O)[C@@H]2C[C@@H](O)CN2C(=O)[C@@H](NC(=O)CC23CC4CC(C2)CC(CC(=O)N2CCN(CC#Cc5ccc(OCCCc6sc(N7CCCc8c7nnc(Nc7nc9ccccc9s7)c8C)nc6C(=O)O)c(F)c5)CC2)(C4)C3)C(C)(C)C)cc1. The van der Waals surface area contributed by atoms with Gasteiger partial charge in [0, 0.05) is 80.1 Å². The van der Waals surface area contributed by atoms with Crippen molar-refractivity contribution in [2.75, 3.05) is 62.6 Å². The Balaban J connectivity index is 0.560. The number of piperazine rings is 1. The van der Waals surface area contributed by atoms with Crippen LogP contribution in [0.5, 0.6) is 5.75 Å². The molecule has 6 atom stereocenters. The highest BCUT2D eigenvalue weighted by Gasteiger charge is 2.59. The molecule has 7 aromatic rings. The Morgan fingerprint density at radius 2 is 1.64 bits per heavy atom. The number of carboxylic acid groups (broad SMARTS) is 1. The number of aliphatic hydroxyl groups is 1. The number of hydrogen-bond acceptors (Lipinski definition) is 18. The van der Waals surface area contributed by atoms with E-state index in [9.17, 15) is 34.2 Å². The van der Waals surface area contributed by atoms with E-state index in [0.717, 1.165) is 99.5 Å². The molecule has 4 aliphatic carbocycles. The van der Waals surface area contributed by atoms with E-state index < -0.39 is 35.4 Å². The van der Waals surface area contributed by atoms with E-state index in [1.54, 1.807) is 34.8 Å². The summed E-state index contributed by atoms with van der Waals surface area (Å²) in [4.78, 5) is 92.8. The Kier molecular flexibility index (Phi) is 19.1. The molecule has 3 aliphatic heterocycles. The summed E-state index contributed by atoms with van der Waals surface area (Å²) >= 11 is 4.43. The number of benzene rings is 3. The van der Waals surface area contributed by atoms with Gasteiger partial charge in [-0.25, -0.2) is 24.1 Å². The molecule has 96 heavy (non-hydrogen) atoms. The van der Waals surface area contributed by atoms with E-state index in [1.165, 1.54) is 22.3 Å². The molecule has 0 radical (unpaired) electrons. The van der Waals surface area contributed by atoms with Crippen LogP contribution in [0.1, 0.15) is 148 Å². The first-order valence-electron chi connectivity index (χ1n) is 33.5. The van der Waals surface area contributed by atoms with Crippen LogP contribution in [0.25, 0.3) is 20.7 Å². The number of carboxylic acids is 1. The van der Waals surface area contributed by atoms with Crippen molar-refractivity contribution < 1.29 is 43.3 Å². The van der Waals surface area contributed by atoms with Gasteiger partial charge in [0.15, 0.2) is 39.2 Å². The molecule has 5 N–H and O–H groups in total. The summed E-state index contributed by atoms with van der Waals surface area (Å²) in [7, 11) is 0. The molecule has 504 valence electrons. The molecule has 4 bridgehead atoms. The Morgan fingerprint density at radius 1 is 0.885 bits per heavy atom. The maximum Gasteiger partial charge on any atom is 0.355 e. The number of para-hydroxylation sites is 1. The zero-order valence-corrected chi connectivity index (χ0v) is 57.7. The number of hydrogen-bond donors (Lipinski definition) is 5. The lowest BCUT2D eigenvalue weighted by Crippen LogP contribution is -2.59. The first-order valence-corrected chi connectivity index (χ1v) is 36.1. The maximum atomic E-state index is 15.5. The van der Waals surface area contributed by atoms with Crippen molar-refractivity contribution in [1.29, 1.82) is 0 Å². The van der Waals surface area contributed by atoms with Crippen LogP contribution in [0.2, 0.25) is 0 Å². The van der Waals surface area contributed by atoms with E-state index in [2.05, 4.69) is 57.8 Å². The number of aliphatic hydroxyl groups excluding tert-OH is 1. The minimum Gasteiger partial charge on any atom is -0.491 e. The molecule has 4 amide bonds. The Bertz CT molecular complexity index is 4120. The van der Waals surface area contributed by atoms with Crippen LogP contribution in [0, 0.1) is 59.6 Å². The molecular formula is C72H83FN12O8S3. The Morgan fingerprint density at radius 3 is 2.34 bits per heavy atom. The smallest absolute Gasteiger partial charge is 0.355 e. The number of β-amino-alcohol motifs (C(OH)–C–C–N with tert-alkyl or cyclic N) is 1. The molecule has 2 saturated heterocycles. The lowest BCUT2D eigenvalue weighted by molar-refractivity contribution is -0.154. The standard InChI is InChI=1S/C72H83FN12O8S3/c1-42-51-13-10-24-84(64(51)81-80-63(42)79-68-76-53-14-7-8-15-56(53)95-68)69-78-60(67(91)92)57(96-69)16-11-29-93-55-22-17-45(31-52(55)73)12-9-23-82-25-27-83(28-26-82)59(88)38-72-35-46-30-47(36-72)34-71(33-46,40-72)37-58(87)77-62(70(4,5)6)66(90)85-39-50(86)32-54(85)65(89)75-43(2)48-18-20-49(21-19-48)61-44(3)74-41-94-61/h7-8,14-15,17-22,31,41,43,46-47,50,54,62,86H,10-11,13,16,23-30,32-40H2,1-6H3,(H,75,89)(H,77,87)(H,91,92)(H,76,79,80)/t43-,46?,47?,50+,54-,62+,71?,72?/m0/s1. The summed E-state index contributed by atoms with van der Waals surface area (Å²) in [6, 6.07) is 18.4. The predicted octanol–water partition coefficient (Wildman–Crippen LogP) is 11.2. The number of halogens is 1. The van der Waals surface area contributed by atoms with Crippen molar-refractivity contribution in [2.45, 2.75) is 149 Å². The molecule has 0 spiro atoms. The minimum atomic E-state index is -1.12.